The third-order valence-electron chi connectivity index (χ3n) is 3.29. The summed E-state index contributed by atoms with van der Waals surface area (Å²) in [4.78, 5) is 1.93. The van der Waals surface area contributed by atoms with Gasteiger partial charge in [0.15, 0.2) is 0 Å². The third kappa shape index (κ3) is 3.81. The summed E-state index contributed by atoms with van der Waals surface area (Å²) < 4.78 is 13.7. The van der Waals surface area contributed by atoms with Crippen molar-refractivity contribution in [2.45, 2.75) is 20.0 Å². The molecular formula is C17H21FN2. The van der Waals surface area contributed by atoms with E-state index in [1.54, 1.807) is 12.1 Å². The Morgan fingerprint density at radius 3 is 2.30 bits per heavy atom. The number of anilines is 1. The van der Waals surface area contributed by atoms with Gasteiger partial charge in [0.2, 0.25) is 0 Å². The molecule has 0 saturated heterocycles. The Morgan fingerprint density at radius 2 is 1.65 bits per heavy atom. The highest BCUT2D eigenvalue weighted by atomic mass is 19.1. The smallest absolute Gasteiger partial charge is 0.146 e. The van der Waals surface area contributed by atoms with Crippen LogP contribution in [0.4, 0.5) is 10.1 Å². The van der Waals surface area contributed by atoms with E-state index in [-0.39, 0.29) is 5.82 Å². The summed E-state index contributed by atoms with van der Waals surface area (Å²) in [7, 11) is 1.91. The first kappa shape index (κ1) is 14.5. The van der Waals surface area contributed by atoms with E-state index in [4.69, 9.17) is 0 Å². The molecule has 2 nitrogen and oxygen atoms in total. The zero-order chi connectivity index (χ0) is 14.4. The summed E-state index contributed by atoms with van der Waals surface area (Å²) in [5.74, 6) is -0.182. The Labute approximate surface area is 120 Å². The van der Waals surface area contributed by atoms with E-state index in [9.17, 15) is 4.39 Å². The second-order valence-electron chi connectivity index (χ2n) is 4.90. The average molecular weight is 272 g/mol. The van der Waals surface area contributed by atoms with Gasteiger partial charge in [-0.15, -0.1) is 0 Å². The summed E-state index contributed by atoms with van der Waals surface area (Å²) in [5, 5.41) is 3.30. The standard InChI is InChI=1S/C17H21FN2/c1-3-19-12-14-8-10-15(11-9-14)13-20(2)17-7-5-4-6-16(17)18/h4-11,19H,3,12-13H2,1-2H3. The van der Waals surface area contributed by atoms with E-state index in [0.29, 0.717) is 12.2 Å². The van der Waals surface area contributed by atoms with Gasteiger partial charge < -0.3 is 10.2 Å². The first-order valence-corrected chi connectivity index (χ1v) is 6.95. The fourth-order valence-corrected chi connectivity index (χ4v) is 2.15. The first-order chi connectivity index (χ1) is 9.70. The van der Waals surface area contributed by atoms with Crippen LogP contribution >= 0.6 is 0 Å². The van der Waals surface area contributed by atoms with Crippen molar-refractivity contribution in [2.75, 3.05) is 18.5 Å². The van der Waals surface area contributed by atoms with Crippen LogP contribution in [-0.4, -0.2) is 13.6 Å². The molecule has 0 spiro atoms. The van der Waals surface area contributed by atoms with Crippen LogP contribution in [-0.2, 0) is 13.1 Å². The number of rotatable bonds is 6. The monoisotopic (exact) mass is 272 g/mol. The van der Waals surface area contributed by atoms with Gasteiger partial charge in [-0.05, 0) is 29.8 Å². The molecule has 0 radical (unpaired) electrons. The molecule has 0 aromatic heterocycles. The van der Waals surface area contributed by atoms with E-state index >= 15 is 0 Å². The SMILES string of the molecule is CCNCc1ccc(CN(C)c2ccccc2F)cc1. The van der Waals surface area contributed by atoms with E-state index < -0.39 is 0 Å². The molecule has 0 fully saturated rings. The topological polar surface area (TPSA) is 15.3 Å². The number of nitrogens with one attached hydrogen (secondary N) is 1. The molecule has 1 N–H and O–H groups in total. The van der Waals surface area contributed by atoms with Gasteiger partial charge >= 0.3 is 0 Å². The minimum Gasteiger partial charge on any atom is -0.368 e. The number of benzene rings is 2. The van der Waals surface area contributed by atoms with Crippen LogP contribution < -0.4 is 10.2 Å². The predicted molar refractivity (Wildman–Crippen MR) is 82.3 cm³/mol. The largest absolute Gasteiger partial charge is 0.368 e. The van der Waals surface area contributed by atoms with Gasteiger partial charge in [-0.3, -0.25) is 0 Å². The summed E-state index contributed by atoms with van der Waals surface area (Å²) in [6, 6.07) is 15.3. The first-order valence-electron chi connectivity index (χ1n) is 6.95. The number of para-hydroxylation sites is 1. The second kappa shape index (κ2) is 7.06. The molecule has 3 heteroatoms. The highest BCUT2D eigenvalue weighted by Crippen LogP contribution is 2.19. The van der Waals surface area contributed by atoms with Crippen molar-refractivity contribution in [3.05, 3.63) is 65.5 Å². The zero-order valence-electron chi connectivity index (χ0n) is 12.1. The van der Waals surface area contributed by atoms with Crippen molar-refractivity contribution in [3.63, 3.8) is 0 Å². The molecule has 0 aliphatic rings. The van der Waals surface area contributed by atoms with Gasteiger partial charge in [0.05, 0.1) is 5.69 Å². The normalized spacial score (nSPS) is 10.6. The predicted octanol–water partition coefficient (Wildman–Crippen LogP) is 3.57. The van der Waals surface area contributed by atoms with Gasteiger partial charge in [0, 0.05) is 20.1 Å². The van der Waals surface area contributed by atoms with Crippen molar-refractivity contribution >= 4 is 5.69 Å². The van der Waals surface area contributed by atoms with Crippen LogP contribution in [0.25, 0.3) is 0 Å². The molecule has 0 atom stereocenters. The number of hydrogen-bond acceptors (Lipinski definition) is 2. The van der Waals surface area contributed by atoms with Crippen molar-refractivity contribution < 1.29 is 4.39 Å². The molecular weight excluding hydrogens is 251 g/mol. The van der Waals surface area contributed by atoms with Gasteiger partial charge in [-0.1, -0.05) is 43.3 Å². The number of nitrogens with zero attached hydrogens (tertiary/aromatic N) is 1. The average Bonchev–Trinajstić information content (AvgIpc) is 2.47. The lowest BCUT2D eigenvalue weighted by atomic mass is 10.1. The quantitative estimate of drug-likeness (QED) is 0.865. The van der Waals surface area contributed by atoms with Gasteiger partial charge in [-0.25, -0.2) is 4.39 Å². The molecule has 0 aliphatic heterocycles. The second-order valence-corrected chi connectivity index (χ2v) is 4.90. The Hall–Kier alpha value is -1.87. The fraction of sp³-hybridized carbons (Fsp3) is 0.294. The maximum Gasteiger partial charge on any atom is 0.146 e. The van der Waals surface area contributed by atoms with Crippen LogP contribution in [0.2, 0.25) is 0 Å². The molecule has 0 saturated carbocycles. The van der Waals surface area contributed by atoms with Gasteiger partial charge in [0.25, 0.3) is 0 Å². The lowest BCUT2D eigenvalue weighted by Crippen LogP contribution is -2.17. The number of halogens is 1. The minimum atomic E-state index is -0.182. The molecule has 2 aromatic rings. The Kier molecular flexibility index (Phi) is 5.13. The van der Waals surface area contributed by atoms with Crippen molar-refractivity contribution in [1.29, 1.82) is 0 Å². The minimum absolute atomic E-state index is 0.182. The molecule has 2 aromatic carbocycles. The van der Waals surface area contributed by atoms with Crippen molar-refractivity contribution in [1.82, 2.24) is 5.32 Å². The van der Waals surface area contributed by atoms with Gasteiger partial charge in [-0.2, -0.15) is 0 Å². The van der Waals surface area contributed by atoms with E-state index in [1.165, 1.54) is 17.2 Å². The van der Waals surface area contributed by atoms with Crippen LogP contribution in [0.15, 0.2) is 48.5 Å². The molecule has 0 bridgehead atoms. The van der Waals surface area contributed by atoms with Crippen LogP contribution in [0, 0.1) is 5.82 Å². The van der Waals surface area contributed by atoms with Crippen LogP contribution in [0.5, 0.6) is 0 Å². The number of hydrogen-bond donors (Lipinski definition) is 1. The molecule has 0 unspecified atom stereocenters. The maximum atomic E-state index is 13.7. The molecule has 2 rings (SSSR count). The fourth-order valence-electron chi connectivity index (χ4n) is 2.15. The van der Waals surface area contributed by atoms with E-state index in [2.05, 4.69) is 36.5 Å². The van der Waals surface area contributed by atoms with E-state index in [1.807, 2.05) is 18.0 Å². The zero-order valence-corrected chi connectivity index (χ0v) is 12.1. The lowest BCUT2D eigenvalue weighted by Gasteiger charge is -2.20. The molecule has 0 heterocycles. The lowest BCUT2D eigenvalue weighted by molar-refractivity contribution is 0.622. The maximum absolute atomic E-state index is 13.7. The molecule has 106 valence electrons. The highest BCUT2D eigenvalue weighted by molar-refractivity contribution is 5.47. The summed E-state index contributed by atoms with van der Waals surface area (Å²) in [6.07, 6.45) is 0. The van der Waals surface area contributed by atoms with Crippen LogP contribution in [0.1, 0.15) is 18.1 Å². The Bertz CT molecular complexity index is 537. The summed E-state index contributed by atoms with van der Waals surface area (Å²) in [5.41, 5.74) is 3.07. The van der Waals surface area contributed by atoms with E-state index in [0.717, 1.165) is 13.1 Å². The Balaban J connectivity index is 2.01. The third-order valence-corrected chi connectivity index (χ3v) is 3.29. The molecule has 0 amide bonds. The Morgan fingerprint density at radius 1 is 1.00 bits per heavy atom. The van der Waals surface area contributed by atoms with Crippen LogP contribution in [0.3, 0.4) is 0 Å². The van der Waals surface area contributed by atoms with Gasteiger partial charge in [0.1, 0.15) is 5.82 Å². The summed E-state index contributed by atoms with van der Waals surface area (Å²) >= 11 is 0. The van der Waals surface area contributed by atoms with Crippen molar-refractivity contribution in [3.8, 4) is 0 Å². The highest BCUT2D eigenvalue weighted by Gasteiger charge is 2.06. The molecule has 20 heavy (non-hydrogen) atoms. The van der Waals surface area contributed by atoms with Crippen molar-refractivity contribution in [2.24, 2.45) is 0 Å². The molecule has 0 aliphatic carbocycles. The summed E-state index contributed by atoms with van der Waals surface area (Å²) in [6.45, 7) is 4.65.